The lowest BCUT2D eigenvalue weighted by Crippen LogP contribution is -2.54. The fourth-order valence-corrected chi connectivity index (χ4v) is 6.22. The van der Waals surface area contributed by atoms with E-state index in [1.165, 1.54) is 7.11 Å². The summed E-state index contributed by atoms with van der Waals surface area (Å²) in [5.74, 6) is 0.772. The van der Waals surface area contributed by atoms with Crippen LogP contribution in [0, 0.1) is 6.92 Å². The van der Waals surface area contributed by atoms with Crippen LogP contribution in [-0.4, -0.2) is 105 Å². The molecule has 4 aromatic rings. The molecule has 0 aliphatic carbocycles. The third-order valence-corrected chi connectivity index (χ3v) is 8.90. The van der Waals surface area contributed by atoms with Gasteiger partial charge in [0, 0.05) is 44.8 Å². The molecule has 0 bridgehead atoms. The predicted molar refractivity (Wildman–Crippen MR) is 182 cm³/mol. The van der Waals surface area contributed by atoms with Crippen molar-refractivity contribution in [3.8, 4) is 5.75 Å². The number of nitrogens with zero attached hydrogens (tertiary/aromatic N) is 6. The average Bonchev–Trinajstić information content (AvgIpc) is 3.80. The Bertz CT molecular complexity index is 1730. The van der Waals surface area contributed by atoms with Crippen LogP contribution in [0.1, 0.15) is 28.9 Å². The summed E-state index contributed by atoms with van der Waals surface area (Å²) in [6.07, 6.45) is 0.188. The molecule has 2 saturated heterocycles. The molecule has 3 N–H and O–H groups in total. The molecular weight excluding hydrogens is 626 g/mol. The molecule has 2 aliphatic rings. The van der Waals surface area contributed by atoms with Gasteiger partial charge in [0.2, 0.25) is 11.8 Å². The molecule has 1 aromatic heterocycles. The molecule has 14 nitrogen and oxygen atoms in total. The number of piperazine rings is 1. The Hall–Kier alpha value is -5.34. The van der Waals surface area contributed by atoms with Gasteiger partial charge in [-0.15, -0.1) is 10.2 Å². The second-order valence-electron chi connectivity index (χ2n) is 12.3. The Balaban J connectivity index is 1.11. The van der Waals surface area contributed by atoms with Gasteiger partial charge in [0.1, 0.15) is 11.8 Å². The first kappa shape index (κ1) is 33.6. The largest absolute Gasteiger partial charge is 0.495 e. The Kier molecular flexibility index (Phi) is 10.8. The van der Waals surface area contributed by atoms with Crippen molar-refractivity contribution < 1.29 is 23.9 Å². The molecule has 14 heteroatoms. The topological polar surface area (TPSA) is 158 Å². The lowest BCUT2D eigenvalue weighted by Gasteiger charge is -2.36. The highest BCUT2D eigenvalue weighted by Crippen LogP contribution is 2.29. The van der Waals surface area contributed by atoms with Crippen molar-refractivity contribution in [3.63, 3.8) is 0 Å². The van der Waals surface area contributed by atoms with Crippen molar-refractivity contribution in [2.24, 2.45) is 0 Å². The van der Waals surface area contributed by atoms with Crippen molar-refractivity contribution in [3.05, 3.63) is 95.3 Å². The van der Waals surface area contributed by atoms with Crippen LogP contribution >= 0.6 is 0 Å². The zero-order valence-electron chi connectivity index (χ0n) is 27.7. The van der Waals surface area contributed by atoms with Gasteiger partial charge in [-0.2, -0.15) is 5.21 Å². The highest BCUT2D eigenvalue weighted by atomic mass is 16.5. The van der Waals surface area contributed by atoms with E-state index in [-0.39, 0.29) is 24.3 Å². The highest BCUT2D eigenvalue weighted by Gasteiger charge is 2.42. The number of likely N-dealkylation sites (tertiary alicyclic amines) is 1. The smallest absolute Gasteiger partial charge is 0.323 e. The number of tetrazole rings is 1. The van der Waals surface area contributed by atoms with E-state index in [9.17, 15) is 14.4 Å². The van der Waals surface area contributed by atoms with Gasteiger partial charge in [0.15, 0.2) is 5.82 Å². The summed E-state index contributed by atoms with van der Waals surface area (Å²) in [5.41, 5.74) is 3.83. The van der Waals surface area contributed by atoms with Gasteiger partial charge in [0.25, 0.3) is 0 Å². The summed E-state index contributed by atoms with van der Waals surface area (Å²) in [7, 11) is 1.51. The molecule has 0 radical (unpaired) electrons. The van der Waals surface area contributed by atoms with Crippen LogP contribution in [0.25, 0.3) is 0 Å². The number of hydrogen-bond acceptors (Lipinski definition) is 9. The maximum absolute atomic E-state index is 14.0. The fraction of sp³-hybridized carbons (Fsp3) is 0.371. The molecule has 256 valence electrons. The molecular formula is C35H41N9O5. The van der Waals surface area contributed by atoms with Gasteiger partial charge in [-0.05, 0) is 41.8 Å². The van der Waals surface area contributed by atoms with Crippen LogP contribution in [0.2, 0.25) is 0 Å². The van der Waals surface area contributed by atoms with Gasteiger partial charge < -0.3 is 29.9 Å². The van der Waals surface area contributed by atoms with E-state index in [2.05, 4.69) is 36.2 Å². The molecule has 2 fully saturated rings. The van der Waals surface area contributed by atoms with Gasteiger partial charge in [-0.3, -0.25) is 14.5 Å². The molecule has 3 heterocycles. The van der Waals surface area contributed by atoms with Gasteiger partial charge in [-0.25, -0.2) is 4.79 Å². The number of ether oxygens (including phenoxy) is 2. The molecule has 1 unspecified atom stereocenters. The number of carbonyl (C=O) groups excluding carboxylic acids is 3. The van der Waals surface area contributed by atoms with Crippen LogP contribution < -0.4 is 15.4 Å². The van der Waals surface area contributed by atoms with Gasteiger partial charge in [-0.1, -0.05) is 59.8 Å². The molecule has 6 rings (SSSR count). The van der Waals surface area contributed by atoms with E-state index in [4.69, 9.17) is 9.47 Å². The number of aromatic nitrogens is 4. The van der Waals surface area contributed by atoms with Gasteiger partial charge >= 0.3 is 6.03 Å². The monoisotopic (exact) mass is 667 g/mol. The molecule has 2 aliphatic heterocycles. The number of hydrogen-bond donors (Lipinski definition) is 3. The number of benzene rings is 3. The number of para-hydroxylation sites is 1. The third kappa shape index (κ3) is 8.58. The van der Waals surface area contributed by atoms with Crippen LogP contribution in [0.15, 0.2) is 72.8 Å². The van der Waals surface area contributed by atoms with E-state index in [1.807, 2.05) is 66.4 Å². The lowest BCUT2D eigenvalue weighted by molar-refractivity contribution is -0.144. The Morgan fingerprint density at radius 2 is 1.67 bits per heavy atom. The van der Waals surface area contributed by atoms with Crippen molar-refractivity contribution in [2.45, 2.75) is 45.1 Å². The standard InChI is InChI=1S/C35H41N9O5/c1-24-8-6-7-11-28(24)36-35(47)37-29-13-12-26(18-31(29)48-2)19-33(45)44-21-27(49-23-25-9-4-3-5-10-25)20-30(44)34(46)43-16-14-42(15-17-43)22-32-38-40-41-39-32/h3-13,18,27,30H,14-17,19-23H2,1-2H3,(H2,36,37,47)(H,38,39,40,41)/t27-,30?/m1/s1. The number of methoxy groups -OCH3 is 1. The molecule has 4 amide bonds. The predicted octanol–water partition coefficient (Wildman–Crippen LogP) is 3.23. The Morgan fingerprint density at radius 3 is 2.41 bits per heavy atom. The third-order valence-electron chi connectivity index (χ3n) is 8.90. The van der Waals surface area contributed by atoms with Crippen LogP contribution in [0.3, 0.4) is 0 Å². The lowest BCUT2D eigenvalue weighted by atomic mass is 10.1. The number of anilines is 2. The Morgan fingerprint density at radius 1 is 0.918 bits per heavy atom. The second-order valence-corrected chi connectivity index (χ2v) is 12.3. The maximum atomic E-state index is 14.0. The minimum Gasteiger partial charge on any atom is -0.495 e. The van der Waals surface area contributed by atoms with Crippen LogP contribution in [0.4, 0.5) is 16.2 Å². The van der Waals surface area contributed by atoms with Crippen LogP contribution in [-0.2, 0) is 33.9 Å². The summed E-state index contributed by atoms with van der Waals surface area (Å²) >= 11 is 0. The minimum absolute atomic E-state index is 0.0553. The normalized spacial score (nSPS) is 17.9. The van der Waals surface area contributed by atoms with E-state index in [0.29, 0.717) is 80.8 Å². The number of nitrogens with one attached hydrogen (secondary N) is 3. The minimum atomic E-state index is -0.634. The van der Waals surface area contributed by atoms with Crippen molar-refractivity contribution in [2.75, 3.05) is 50.5 Å². The van der Waals surface area contributed by atoms with Crippen molar-refractivity contribution in [1.29, 1.82) is 0 Å². The first-order valence-corrected chi connectivity index (χ1v) is 16.4. The maximum Gasteiger partial charge on any atom is 0.323 e. The average molecular weight is 668 g/mol. The summed E-state index contributed by atoms with van der Waals surface area (Å²) < 4.78 is 11.8. The van der Waals surface area contributed by atoms with Crippen LogP contribution in [0.5, 0.6) is 5.75 Å². The summed E-state index contributed by atoms with van der Waals surface area (Å²) in [6, 6.07) is 21.5. The molecule has 0 saturated carbocycles. The zero-order valence-corrected chi connectivity index (χ0v) is 27.7. The van der Waals surface area contributed by atoms with Crippen molar-refractivity contribution >= 4 is 29.2 Å². The fourth-order valence-electron chi connectivity index (χ4n) is 6.22. The van der Waals surface area contributed by atoms with E-state index < -0.39 is 12.1 Å². The molecule has 2 atom stereocenters. The first-order valence-electron chi connectivity index (χ1n) is 16.4. The number of carbonyl (C=O) groups is 3. The summed E-state index contributed by atoms with van der Waals surface area (Å²) in [5, 5.41) is 19.8. The number of H-pyrrole nitrogens is 1. The summed E-state index contributed by atoms with van der Waals surface area (Å²) in [6.45, 7) is 5.58. The molecule has 0 spiro atoms. The number of aryl methyl sites for hydroxylation is 1. The quantitative estimate of drug-likeness (QED) is 0.218. The van der Waals surface area contributed by atoms with E-state index in [1.54, 1.807) is 23.1 Å². The number of rotatable bonds is 11. The van der Waals surface area contributed by atoms with Crippen molar-refractivity contribution in [1.82, 2.24) is 35.3 Å². The Labute approximate surface area is 284 Å². The second kappa shape index (κ2) is 15.7. The number of aromatic amines is 1. The van der Waals surface area contributed by atoms with E-state index in [0.717, 1.165) is 11.1 Å². The van der Waals surface area contributed by atoms with E-state index >= 15 is 0 Å². The molecule has 49 heavy (non-hydrogen) atoms. The number of amides is 4. The SMILES string of the molecule is COc1cc(CC(=O)N2C[C@H](OCc3ccccc3)CC2C(=O)N2CCN(Cc3nn[nH]n3)CC2)ccc1NC(=O)Nc1ccccc1C. The zero-order chi connectivity index (χ0) is 34.2. The summed E-state index contributed by atoms with van der Waals surface area (Å²) in [4.78, 5) is 46.3. The van der Waals surface area contributed by atoms with Gasteiger partial charge in [0.05, 0.1) is 38.5 Å². The first-order chi connectivity index (χ1) is 23.9. The number of urea groups is 1. The highest BCUT2D eigenvalue weighted by molar-refractivity contribution is 6.01. The molecule has 3 aromatic carbocycles.